The maximum absolute atomic E-state index is 6.02. The van der Waals surface area contributed by atoms with E-state index in [0.29, 0.717) is 6.04 Å². The van der Waals surface area contributed by atoms with Gasteiger partial charge in [0.2, 0.25) is 0 Å². The van der Waals surface area contributed by atoms with Gasteiger partial charge in [0, 0.05) is 45.2 Å². The minimum Gasteiger partial charge on any atom is -0.486 e. The number of ether oxygens (including phenoxy) is 1. The van der Waals surface area contributed by atoms with E-state index in [2.05, 4.69) is 36.6 Å². The quantitative estimate of drug-likeness (QED) is 0.861. The lowest BCUT2D eigenvalue weighted by molar-refractivity contribution is 0.0979. The van der Waals surface area contributed by atoms with Crippen molar-refractivity contribution in [1.82, 2.24) is 19.8 Å². The van der Waals surface area contributed by atoms with Crippen molar-refractivity contribution in [2.75, 3.05) is 26.2 Å². The van der Waals surface area contributed by atoms with Crippen molar-refractivity contribution >= 4 is 11.3 Å². The lowest BCUT2D eigenvalue weighted by Gasteiger charge is -2.37. The molecule has 2 aliphatic rings. The number of hydrogen-bond acceptors (Lipinski definition) is 6. The van der Waals surface area contributed by atoms with Crippen LogP contribution in [0.5, 0.6) is 5.75 Å². The van der Waals surface area contributed by atoms with Crippen molar-refractivity contribution in [1.29, 1.82) is 0 Å². The SMILES string of the molecule is c1ncc(O[C@H]2C[C@H]3CN(Cc4ccsc4)CCN3C2)cn1. The van der Waals surface area contributed by atoms with Crippen LogP contribution in [0.2, 0.25) is 0 Å². The maximum Gasteiger partial charge on any atom is 0.156 e. The van der Waals surface area contributed by atoms with Crippen molar-refractivity contribution in [3.8, 4) is 5.75 Å². The molecule has 2 atom stereocenters. The second kappa shape index (κ2) is 6.32. The first-order valence-electron chi connectivity index (χ1n) is 7.76. The van der Waals surface area contributed by atoms with Crippen LogP contribution in [-0.4, -0.2) is 58.1 Å². The van der Waals surface area contributed by atoms with Crippen LogP contribution in [0.3, 0.4) is 0 Å². The van der Waals surface area contributed by atoms with E-state index in [1.54, 1.807) is 23.7 Å². The van der Waals surface area contributed by atoms with E-state index >= 15 is 0 Å². The first-order chi connectivity index (χ1) is 10.9. The zero-order chi connectivity index (χ0) is 14.8. The predicted molar refractivity (Wildman–Crippen MR) is 86.0 cm³/mol. The van der Waals surface area contributed by atoms with Crippen molar-refractivity contribution < 1.29 is 4.74 Å². The molecule has 0 bridgehead atoms. The van der Waals surface area contributed by atoms with Crippen LogP contribution >= 0.6 is 11.3 Å². The number of hydrogen-bond donors (Lipinski definition) is 0. The van der Waals surface area contributed by atoms with Gasteiger partial charge in [-0.1, -0.05) is 0 Å². The molecule has 0 spiro atoms. The summed E-state index contributed by atoms with van der Waals surface area (Å²) in [7, 11) is 0. The molecule has 0 aromatic carbocycles. The van der Waals surface area contributed by atoms with Crippen molar-refractivity contribution in [3.05, 3.63) is 41.1 Å². The third kappa shape index (κ3) is 3.14. The summed E-state index contributed by atoms with van der Waals surface area (Å²) in [6, 6.07) is 2.84. The molecule has 0 saturated carbocycles. The molecule has 22 heavy (non-hydrogen) atoms. The summed E-state index contributed by atoms with van der Waals surface area (Å²) in [6.07, 6.45) is 6.37. The summed E-state index contributed by atoms with van der Waals surface area (Å²) < 4.78 is 6.02. The third-order valence-electron chi connectivity index (χ3n) is 4.49. The molecule has 6 heteroatoms. The molecule has 0 aliphatic carbocycles. The van der Waals surface area contributed by atoms with Crippen molar-refractivity contribution in [2.45, 2.75) is 25.1 Å². The van der Waals surface area contributed by atoms with Crippen LogP contribution in [0.15, 0.2) is 35.5 Å². The monoisotopic (exact) mass is 316 g/mol. The van der Waals surface area contributed by atoms with Gasteiger partial charge < -0.3 is 4.74 Å². The van der Waals surface area contributed by atoms with E-state index in [-0.39, 0.29) is 6.10 Å². The van der Waals surface area contributed by atoms with Gasteiger partial charge in [-0.15, -0.1) is 0 Å². The molecule has 0 amide bonds. The highest BCUT2D eigenvalue weighted by Crippen LogP contribution is 2.26. The smallest absolute Gasteiger partial charge is 0.156 e. The van der Waals surface area contributed by atoms with E-state index in [4.69, 9.17) is 4.74 Å². The van der Waals surface area contributed by atoms with Crippen LogP contribution in [0.25, 0.3) is 0 Å². The molecular formula is C16H20N4OS. The van der Waals surface area contributed by atoms with Crippen LogP contribution < -0.4 is 4.74 Å². The standard InChI is InChI=1S/C16H20N4OS/c1-4-22-11-13(1)8-19-2-3-20-10-15(5-14(20)9-19)21-16-6-17-12-18-7-16/h1,4,6-7,11-12,14-15H,2-3,5,8-10H2/t14-,15-/m0/s1. The average molecular weight is 316 g/mol. The number of thiophene rings is 1. The number of fused-ring (bicyclic) bond motifs is 1. The third-order valence-corrected chi connectivity index (χ3v) is 5.22. The average Bonchev–Trinajstić information content (AvgIpc) is 3.17. The highest BCUT2D eigenvalue weighted by atomic mass is 32.1. The van der Waals surface area contributed by atoms with Gasteiger partial charge in [0.25, 0.3) is 0 Å². The van der Waals surface area contributed by atoms with Gasteiger partial charge in [-0.2, -0.15) is 11.3 Å². The first kappa shape index (κ1) is 14.1. The number of aromatic nitrogens is 2. The van der Waals surface area contributed by atoms with Gasteiger partial charge >= 0.3 is 0 Å². The fraction of sp³-hybridized carbons (Fsp3) is 0.500. The van der Waals surface area contributed by atoms with Crippen molar-refractivity contribution in [3.63, 3.8) is 0 Å². The van der Waals surface area contributed by atoms with E-state index in [1.165, 1.54) is 11.9 Å². The Kier molecular flexibility index (Phi) is 4.05. The summed E-state index contributed by atoms with van der Waals surface area (Å²) in [6.45, 7) is 5.52. The van der Waals surface area contributed by atoms with Crippen LogP contribution in [-0.2, 0) is 6.54 Å². The van der Waals surface area contributed by atoms with E-state index in [1.807, 2.05) is 0 Å². The molecule has 0 N–H and O–H groups in total. The van der Waals surface area contributed by atoms with Gasteiger partial charge in [0.15, 0.2) is 5.75 Å². The Hall–Kier alpha value is -1.50. The predicted octanol–water partition coefficient (Wildman–Crippen LogP) is 1.88. The minimum atomic E-state index is 0.261. The lowest BCUT2D eigenvalue weighted by Crippen LogP contribution is -2.49. The first-order valence-corrected chi connectivity index (χ1v) is 8.70. The number of rotatable bonds is 4. The van der Waals surface area contributed by atoms with E-state index < -0.39 is 0 Å². The summed E-state index contributed by atoms with van der Waals surface area (Å²) in [5.74, 6) is 0.780. The molecule has 4 rings (SSSR count). The Morgan fingerprint density at radius 2 is 2.14 bits per heavy atom. The fourth-order valence-electron chi connectivity index (χ4n) is 3.47. The Morgan fingerprint density at radius 3 is 2.95 bits per heavy atom. The highest BCUT2D eigenvalue weighted by molar-refractivity contribution is 7.07. The molecule has 2 aliphatic heterocycles. The Balaban J connectivity index is 1.33. The van der Waals surface area contributed by atoms with Crippen molar-refractivity contribution in [2.24, 2.45) is 0 Å². The highest BCUT2D eigenvalue weighted by Gasteiger charge is 2.37. The number of piperazine rings is 1. The summed E-state index contributed by atoms with van der Waals surface area (Å²) in [4.78, 5) is 13.2. The molecule has 0 radical (unpaired) electrons. The minimum absolute atomic E-state index is 0.261. The van der Waals surface area contributed by atoms with Gasteiger partial charge in [0.05, 0.1) is 12.4 Å². The molecule has 0 unspecified atom stereocenters. The normalized spacial score (nSPS) is 26.0. The Labute approximate surface area is 134 Å². The summed E-state index contributed by atoms with van der Waals surface area (Å²) in [5.41, 5.74) is 1.44. The molecule has 2 saturated heterocycles. The summed E-state index contributed by atoms with van der Waals surface area (Å²) >= 11 is 1.78. The molecule has 2 aromatic heterocycles. The van der Waals surface area contributed by atoms with E-state index in [9.17, 15) is 0 Å². The maximum atomic E-state index is 6.02. The Morgan fingerprint density at radius 1 is 1.23 bits per heavy atom. The van der Waals surface area contributed by atoms with E-state index in [0.717, 1.165) is 44.9 Å². The number of nitrogens with zero attached hydrogens (tertiary/aromatic N) is 4. The van der Waals surface area contributed by atoms with Crippen LogP contribution in [0.1, 0.15) is 12.0 Å². The second-order valence-corrected chi connectivity index (χ2v) is 6.85. The second-order valence-electron chi connectivity index (χ2n) is 6.07. The Bertz CT molecular complexity index is 591. The molecule has 2 fully saturated rings. The van der Waals surface area contributed by atoms with Gasteiger partial charge in [-0.3, -0.25) is 9.80 Å². The van der Waals surface area contributed by atoms with Gasteiger partial charge in [-0.25, -0.2) is 9.97 Å². The van der Waals surface area contributed by atoms with Crippen LogP contribution in [0.4, 0.5) is 0 Å². The molecule has 116 valence electrons. The summed E-state index contributed by atoms with van der Waals surface area (Å²) in [5, 5.41) is 4.41. The molecule has 2 aromatic rings. The van der Waals surface area contributed by atoms with Gasteiger partial charge in [-0.05, 0) is 22.4 Å². The zero-order valence-electron chi connectivity index (χ0n) is 12.5. The lowest BCUT2D eigenvalue weighted by atomic mass is 10.1. The van der Waals surface area contributed by atoms with Crippen LogP contribution in [0, 0.1) is 0 Å². The topological polar surface area (TPSA) is 41.5 Å². The molecule has 5 nitrogen and oxygen atoms in total. The largest absolute Gasteiger partial charge is 0.486 e. The zero-order valence-corrected chi connectivity index (χ0v) is 13.3. The fourth-order valence-corrected chi connectivity index (χ4v) is 4.13. The molecule has 4 heterocycles. The molecular weight excluding hydrogens is 296 g/mol. The van der Waals surface area contributed by atoms with Gasteiger partial charge in [0.1, 0.15) is 12.4 Å².